The van der Waals surface area contributed by atoms with Crippen molar-refractivity contribution in [3.05, 3.63) is 24.3 Å². The number of piperidine rings is 1. The second kappa shape index (κ2) is 5.69. The number of aromatic nitrogens is 2. The minimum Gasteiger partial charge on any atom is -0.481 e. The van der Waals surface area contributed by atoms with E-state index in [4.69, 9.17) is 13.9 Å². The van der Waals surface area contributed by atoms with Gasteiger partial charge in [0.15, 0.2) is 5.76 Å². The molecule has 0 bridgehead atoms. The fourth-order valence-electron chi connectivity index (χ4n) is 2.67. The van der Waals surface area contributed by atoms with Crippen LogP contribution in [0.2, 0.25) is 0 Å². The van der Waals surface area contributed by atoms with Crippen molar-refractivity contribution in [3.8, 4) is 11.7 Å². The number of rotatable bonds is 4. The Bertz CT molecular complexity index is 608. The van der Waals surface area contributed by atoms with E-state index in [-0.39, 0.29) is 12.0 Å². The molecule has 1 fully saturated rings. The van der Waals surface area contributed by atoms with Gasteiger partial charge in [0.25, 0.3) is 5.89 Å². The van der Waals surface area contributed by atoms with E-state index in [1.807, 2.05) is 6.92 Å². The third-order valence-corrected chi connectivity index (χ3v) is 3.90. The number of hydrogen-bond acceptors (Lipinski definition) is 6. The van der Waals surface area contributed by atoms with E-state index < -0.39 is 5.97 Å². The first-order valence-corrected chi connectivity index (χ1v) is 6.96. The fraction of sp³-hybridized carbons (Fsp3) is 0.500. The number of nitrogens with zero attached hydrogens (tertiary/aromatic N) is 3. The molecule has 0 saturated carbocycles. The van der Waals surface area contributed by atoms with Crippen LogP contribution in [-0.4, -0.2) is 38.8 Å². The summed E-state index contributed by atoms with van der Waals surface area (Å²) in [5, 5.41) is 17.1. The smallest absolute Gasteiger partial charge is 0.306 e. The Morgan fingerprint density at radius 2 is 2.38 bits per heavy atom. The van der Waals surface area contributed by atoms with Crippen LogP contribution in [0, 0.1) is 5.92 Å². The average molecular weight is 291 g/mol. The van der Waals surface area contributed by atoms with Crippen molar-refractivity contribution >= 4 is 5.97 Å². The van der Waals surface area contributed by atoms with Gasteiger partial charge in [0.05, 0.1) is 18.7 Å². The first-order valence-electron chi connectivity index (χ1n) is 6.96. The van der Waals surface area contributed by atoms with E-state index in [9.17, 15) is 4.79 Å². The molecule has 3 heterocycles. The lowest BCUT2D eigenvalue weighted by Gasteiger charge is -2.35. The maximum Gasteiger partial charge on any atom is 0.306 e. The molecule has 2 aromatic rings. The Hall–Kier alpha value is -2.15. The Labute approximate surface area is 121 Å². The van der Waals surface area contributed by atoms with Gasteiger partial charge in [-0.05, 0) is 38.4 Å². The Morgan fingerprint density at radius 1 is 1.52 bits per heavy atom. The van der Waals surface area contributed by atoms with Gasteiger partial charge >= 0.3 is 5.97 Å². The van der Waals surface area contributed by atoms with Crippen LogP contribution in [-0.2, 0) is 11.3 Å². The molecule has 3 rings (SSSR count). The Kier molecular flexibility index (Phi) is 3.74. The number of likely N-dealkylation sites (tertiary alicyclic amines) is 1. The number of furan rings is 1. The van der Waals surface area contributed by atoms with Crippen LogP contribution in [0.4, 0.5) is 0 Å². The van der Waals surface area contributed by atoms with E-state index in [0.29, 0.717) is 36.9 Å². The predicted molar refractivity (Wildman–Crippen MR) is 72.2 cm³/mol. The molecule has 1 aliphatic heterocycles. The van der Waals surface area contributed by atoms with E-state index >= 15 is 0 Å². The van der Waals surface area contributed by atoms with Gasteiger partial charge in [-0.2, -0.15) is 0 Å². The number of carbonyl (C=O) groups is 1. The standard InChI is InChI=1S/C14H17N3O4/c1-9-7-10(14(18)19)4-5-17(9)8-12-15-16-13(21-12)11-3-2-6-20-11/h2-3,6,9-10H,4-5,7-8H2,1H3,(H,18,19). The summed E-state index contributed by atoms with van der Waals surface area (Å²) in [5.41, 5.74) is 0. The van der Waals surface area contributed by atoms with E-state index in [0.717, 1.165) is 6.54 Å². The summed E-state index contributed by atoms with van der Waals surface area (Å²) in [4.78, 5) is 13.2. The molecule has 2 unspecified atom stereocenters. The fourth-order valence-corrected chi connectivity index (χ4v) is 2.67. The monoisotopic (exact) mass is 291 g/mol. The lowest BCUT2D eigenvalue weighted by molar-refractivity contribution is -0.144. The predicted octanol–water partition coefficient (Wildman–Crippen LogP) is 2.01. The van der Waals surface area contributed by atoms with Crippen LogP contribution in [0.15, 0.2) is 27.2 Å². The molecule has 1 N–H and O–H groups in total. The van der Waals surface area contributed by atoms with Crippen LogP contribution in [0.1, 0.15) is 25.7 Å². The van der Waals surface area contributed by atoms with E-state index in [2.05, 4.69) is 15.1 Å². The second-order valence-electron chi connectivity index (χ2n) is 5.36. The zero-order valence-electron chi connectivity index (χ0n) is 11.7. The van der Waals surface area contributed by atoms with Crippen molar-refractivity contribution in [2.24, 2.45) is 5.92 Å². The Balaban J connectivity index is 1.63. The number of hydrogen-bond donors (Lipinski definition) is 1. The molecule has 112 valence electrons. The SMILES string of the molecule is CC1CC(C(=O)O)CCN1Cc1nnc(-c2ccco2)o1. The van der Waals surface area contributed by atoms with Gasteiger partial charge in [-0.3, -0.25) is 9.69 Å². The van der Waals surface area contributed by atoms with Crippen molar-refractivity contribution in [2.75, 3.05) is 6.54 Å². The summed E-state index contributed by atoms with van der Waals surface area (Å²) in [7, 11) is 0. The molecule has 1 saturated heterocycles. The lowest BCUT2D eigenvalue weighted by atomic mass is 9.92. The van der Waals surface area contributed by atoms with Gasteiger partial charge in [-0.15, -0.1) is 10.2 Å². The first-order chi connectivity index (χ1) is 10.1. The lowest BCUT2D eigenvalue weighted by Crippen LogP contribution is -2.42. The molecule has 0 amide bonds. The summed E-state index contributed by atoms with van der Waals surface area (Å²) in [5.74, 6) is 0.466. The molecule has 0 radical (unpaired) electrons. The zero-order valence-corrected chi connectivity index (χ0v) is 11.7. The van der Waals surface area contributed by atoms with Crippen molar-refractivity contribution in [1.82, 2.24) is 15.1 Å². The van der Waals surface area contributed by atoms with Crippen LogP contribution >= 0.6 is 0 Å². The van der Waals surface area contributed by atoms with Crippen LogP contribution in [0.5, 0.6) is 0 Å². The highest BCUT2D eigenvalue weighted by atomic mass is 16.4. The summed E-state index contributed by atoms with van der Waals surface area (Å²) in [6.45, 7) is 3.27. The quantitative estimate of drug-likeness (QED) is 0.921. The molecule has 7 nitrogen and oxygen atoms in total. The van der Waals surface area contributed by atoms with E-state index in [1.165, 1.54) is 0 Å². The largest absolute Gasteiger partial charge is 0.481 e. The van der Waals surface area contributed by atoms with Crippen molar-refractivity contribution in [3.63, 3.8) is 0 Å². The van der Waals surface area contributed by atoms with Crippen LogP contribution < -0.4 is 0 Å². The Morgan fingerprint density at radius 3 is 3.05 bits per heavy atom. The highest BCUT2D eigenvalue weighted by Gasteiger charge is 2.30. The third kappa shape index (κ3) is 2.97. The summed E-state index contributed by atoms with van der Waals surface area (Å²) < 4.78 is 10.8. The average Bonchev–Trinajstić information content (AvgIpc) is 3.11. The van der Waals surface area contributed by atoms with Gasteiger partial charge < -0.3 is 13.9 Å². The highest BCUT2D eigenvalue weighted by Crippen LogP contribution is 2.25. The minimum atomic E-state index is -0.709. The molecule has 1 aliphatic rings. The minimum absolute atomic E-state index is 0.179. The molecular weight excluding hydrogens is 274 g/mol. The summed E-state index contributed by atoms with van der Waals surface area (Å²) in [6, 6.07) is 3.70. The van der Waals surface area contributed by atoms with Crippen LogP contribution in [0.25, 0.3) is 11.7 Å². The molecule has 7 heteroatoms. The third-order valence-electron chi connectivity index (χ3n) is 3.90. The first kappa shape index (κ1) is 13.8. The normalized spacial score (nSPS) is 23.3. The van der Waals surface area contributed by atoms with Gasteiger partial charge in [-0.1, -0.05) is 0 Å². The molecule has 0 aliphatic carbocycles. The molecule has 21 heavy (non-hydrogen) atoms. The van der Waals surface area contributed by atoms with Crippen LogP contribution in [0.3, 0.4) is 0 Å². The number of carboxylic acids is 1. The molecule has 0 aromatic carbocycles. The molecule has 0 spiro atoms. The second-order valence-corrected chi connectivity index (χ2v) is 5.36. The van der Waals surface area contributed by atoms with Gasteiger partial charge in [0.2, 0.25) is 5.89 Å². The number of carboxylic acid groups (broad SMARTS) is 1. The molecule has 2 aromatic heterocycles. The summed E-state index contributed by atoms with van der Waals surface area (Å²) >= 11 is 0. The van der Waals surface area contributed by atoms with Crippen molar-refractivity contribution in [1.29, 1.82) is 0 Å². The van der Waals surface area contributed by atoms with Crippen molar-refractivity contribution in [2.45, 2.75) is 32.4 Å². The highest BCUT2D eigenvalue weighted by molar-refractivity contribution is 5.70. The topological polar surface area (TPSA) is 92.6 Å². The number of aliphatic carboxylic acids is 1. The zero-order chi connectivity index (χ0) is 14.8. The maximum absolute atomic E-state index is 11.0. The van der Waals surface area contributed by atoms with E-state index in [1.54, 1.807) is 18.4 Å². The summed E-state index contributed by atoms with van der Waals surface area (Å²) in [6.07, 6.45) is 2.85. The molecule has 2 atom stereocenters. The molecular formula is C14H17N3O4. The van der Waals surface area contributed by atoms with Crippen molar-refractivity contribution < 1.29 is 18.7 Å². The van der Waals surface area contributed by atoms with Gasteiger partial charge in [0, 0.05) is 6.04 Å². The maximum atomic E-state index is 11.0. The van der Waals surface area contributed by atoms with Gasteiger partial charge in [-0.25, -0.2) is 0 Å². The van der Waals surface area contributed by atoms with Gasteiger partial charge in [0.1, 0.15) is 0 Å².